The van der Waals surface area contributed by atoms with Crippen LogP contribution >= 0.6 is 0 Å². The summed E-state index contributed by atoms with van der Waals surface area (Å²) in [4.78, 5) is 30.9. The number of aromatic nitrogens is 4. The SMILES string of the molecule is CCCc1cc(N2CCCC(C(=O)O)C2)nc(-c2cnccn2)n1. The van der Waals surface area contributed by atoms with E-state index in [0.29, 0.717) is 18.1 Å². The summed E-state index contributed by atoms with van der Waals surface area (Å²) in [7, 11) is 0. The fraction of sp³-hybridized carbons (Fsp3) is 0.471. The second kappa shape index (κ2) is 7.33. The van der Waals surface area contributed by atoms with E-state index in [4.69, 9.17) is 0 Å². The number of hydrogen-bond donors (Lipinski definition) is 1. The van der Waals surface area contributed by atoms with Crippen molar-refractivity contribution < 1.29 is 9.90 Å². The fourth-order valence-electron chi connectivity index (χ4n) is 2.95. The highest BCUT2D eigenvalue weighted by Crippen LogP contribution is 2.24. The van der Waals surface area contributed by atoms with Crippen LogP contribution in [0.15, 0.2) is 24.7 Å². The van der Waals surface area contributed by atoms with E-state index in [1.165, 1.54) is 0 Å². The molecule has 1 aliphatic rings. The van der Waals surface area contributed by atoms with E-state index in [2.05, 4.69) is 26.9 Å². The van der Waals surface area contributed by atoms with Crippen LogP contribution in [0.2, 0.25) is 0 Å². The summed E-state index contributed by atoms with van der Waals surface area (Å²) in [5.74, 6) is 0.238. The van der Waals surface area contributed by atoms with Crippen LogP contribution in [0, 0.1) is 5.92 Å². The van der Waals surface area contributed by atoms with E-state index in [9.17, 15) is 9.90 Å². The Kier molecular flexibility index (Phi) is 4.98. The molecular formula is C17H21N5O2. The van der Waals surface area contributed by atoms with Crippen molar-refractivity contribution in [3.63, 3.8) is 0 Å². The van der Waals surface area contributed by atoms with Crippen molar-refractivity contribution in [2.75, 3.05) is 18.0 Å². The molecule has 2 aromatic heterocycles. The predicted molar refractivity (Wildman–Crippen MR) is 89.6 cm³/mol. The summed E-state index contributed by atoms with van der Waals surface area (Å²) in [5, 5.41) is 9.30. The fourth-order valence-corrected chi connectivity index (χ4v) is 2.95. The van der Waals surface area contributed by atoms with Crippen LogP contribution < -0.4 is 4.90 Å². The standard InChI is InChI=1S/C17H21N5O2/c1-2-4-13-9-15(22-8-3-5-12(11-22)17(23)24)21-16(20-13)14-10-18-6-7-19-14/h6-7,9-10,12H,2-5,8,11H2,1H3,(H,23,24). The van der Waals surface area contributed by atoms with Crippen molar-refractivity contribution >= 4 is 11.8 Å². The Labute approximate surface area is 140 Å². The number of aliphatic carboxylic acids is 1. The lowest BCUT2D eigenvalue weighted by molar-refractivity contribution is -0.141. The molecule has 126 valence electrons. The second-order valence-corrected chi connectivity index (χ2v) is 6.01. The van der Waals surface area contributed by atoms with Gasteiger partial charge in [0.25, 0.3) is 0 Å². The molecule has 1 unspecified atom stereocenters. The summed E-state index contributed by atoms with van der Waals surface area (Å²) in [6, 6.07) is 1.97. The Morgan fingerprint density at radius 3 is 2.96 bits per heavy atom. The quantitative estimate of drug-likeness (QED) is 0.899. The molecule has 1 saturated heterocycles. The molecule has 0 radical (unpaired) electrons. The number of carbonyl (C=O) groups is 1. The van der Waals surface area contributed by atoms with Crippen LogP contribution in [0.4, 0.5) is 5.82 Å². The molecule has 0 aliphatic carbocycles. The summed E-state index contributed by atoms with van der Waals surface area (Å²) < 4.78 is 0. The van der Waals surface area contributed by atoms with E-state index in [1.807, 2.05) is 11.0 Å². The smallest absolute Gasteiger partial charge is 0.308 e. The minimum Gasteiger partial charge on any atom is -0.481 e. The highest BCUT2D eigenvalue weighted by molar-refractivity contribution is 5.71. The van der Waals surface area contributed by atoms with Crippen LogP contribution in [0.3, 0.4) is 0 Å². The van der Waals surface area contributed by atoms with Gasteiger partial charge < -0.3 is 10.0 Å². The highest BCUT2D eigenvalue weighted by Gasteiger charge is 2.26. The van der Waals surface area contributed by atoms with Crippen molar-refractivity contribution in [2.45, 2.75) is 32.6 Å². The van der Waals surface area contributed by atoms with Gasteiger partial charge in [-0.15, -0.1) is 0 Å². The van der Waals surface area contributed by atoms with Gasteiger partial charge in [-0.1, -0.05) is 13.3 Å². The Bertz CT molecular complexity index is 707. The molecule has 1 atom stereocenters. The monoisotopic (exact) mass is 327 g/mol. The summed E-state index contributed by atoms with van der Waals surface area (Å²) >= 11 is 0. The number of piperidine rings is 1. The average Bonchev–Trinajstić information content (AvgIpc) is 2.62. The van der Waals surface area contributed by atoms with Gasteiger partial charge in [0.15, 0.2) is 5.82 Å². The molecule has 7 heteroatoms. The van der Waals surface area contributed by atoms with Crippen molar-refractivity contribution in [1.29, 1.82) is 0 Å². The molecule has 3 heterocycles. The first kappa shape index (κ1) is 16.3. The largest absolute Gasteiger partial charge is 0.481 e. The molecule has 0 amide bonds. The number of carboxylic acids is 1. The molecule has 3 rings (SSSR count). The van der Waals surface area contributed by atoms with Gasteiger partial charge in [-0.2, -0.15) is 0 Å². The van der Waals surface area contributed by atoms with E-state index in [0.717, 1.165) is 43.7 Å². The van der Waals surface area contributed by atoms with E-state index < -0.39 is 5.97 Å². The lowest BCUT2D eigenvalue weighted by Crippen LogP contribution is -2.39. The molecule has 0 bridgehead atoms. The van der Waals surface area contributed by atoms with Gasteiger partial charge in [0.05, 0.1) is 12.1 Å². The van der Waals surface area contributed by atoms with Gasteiger partial charge >= 0.3 is 5.97 Å². The Hall–Kier alpha value is -2.57. The zero-order valence-corrected chi connectivity index (χ0v) is 13.7. The molecule has 1 N–H and O–H groups in total. The molecule has 1 fully saturated rings. The minimum atomic E-state index is -0.739. The molecule has 2 aromatic rings. The highest BCUT2D eigenvalue weighted by atomic mass is 16.4. The second-order valence-electron chi connectivity index (χ2n) is 6.01. The van der Waals surface area contributed by atoms with Gasteiger partial charge in [-0.3, -0.25) is 9.78 Å². The van der Waals surface area contributed by atoms with E-state index in [1.54, 1.807) is 18.6 Å². The van der Waals surface area contributed by atoms with Crippen LogP contribution in [0.1, 0.15) is 31.9 Å². The van der Waals surface area contributed by atoms with Crippen molar-refractivity contribution in [1.82, 2.24) is 19.9 Å². The third kappa shape index (κ3) is 3.67. The Morgan fingerprint density at radius 2 is 2.25 bits per heavy atom. The molecule has 0 saturated carbocycles. The number of carboxylic acid groups (broad SMARTS) is 1. The zero-order valence-electron chi connectivity index (χ0n) is 13.7. The Balaban J connectivity index is 1.94. The number of nitrogens with zero attached hydrogens (tertiary/aromatic N) is 5. The van der Waals surface area contributed by atoms with Crippen molar-refractivity contribution in [3.05, 3.63) is 30.4 Å². The molecular weight excluding hydrogens is 306 g/mol. The van der Waals surface area contributed by atoms with Crippen LogP contribution in [0.5, 0.6) is 0 Å². The van der Waals surface area contributed by atoms with Gasteiger partial charge in [-0.25, -0.2) is 15.0 Å². The third-order valence-electron chi connectivity index (χ3n) is 4.16. The number of hydrogen-bond acceptors (Lipinski definition) is 6. The molecule has 24 heavy (non-hydrogen) atoms. The number of aryl methyl sites for hydroxylation is 1. The van der Waals surface area contributed by atoms with Gasteiger partial charge in [-0.05, 0) is 19.3 Å². The van der Waals surface area contributed by atoms with Crippen LogP contribution in [0.25, 0.3) is 11.5 Å². The van der Waals surface area contributed by atoms with Crippen molar-refractivity contribution in [2.24, 2.45) is 5.92 Å². The summed E-state index contributed by atoms with van der Waals surface area (Å²) in [6.07, 6.45) is 8.27. The maximum Gasteiger partial charge on any atom is 0.308 e. The summed E-state index contributed by atoms with van der Waals surface area (Å²) in [6.45, 7) is 3.40. The molecule has 1 aliphatic heterocycles. The topological polar surface area (TPSA) is 92.1 Å². The van der Waals surface area contributed by atoms with Gasteiger partial charge in [0.2, 0.25) is 0 Å². The van der Waals surface area contributed by atoms with Crippen LogP contribution in [-0.4, -0.2) is 44.1 Å². The molecule has 7 nitrogen and oxygen atoms in total. The maximum absolute atomic E-state index is 11.3. The summed E-state index contributed by atoms with van der Waals surface area (Å²) in [5.41, 5.74) is 1.57. The van der Waals surface area contributed by atoms with Gasteiger partial charge in [0.1, 0.15) is 11.5 Å². The first-order valence-electron chi connectivity index (χ1n) is 8.29. The first-order valence-corrected chi connectivity index (χ1v) is 8.29. The third-order valence-corrected chi connectivity index (χ3v) is 4.16. The van der Waals surface area contributed by atoms with Crippen molar-refractivity contribution in [3.8, 4) is 11.5 Å². The average molecular weight is 327 g/mol. The first-order chi connectivity index (χ1) is 11.7. The normalized spacial score (nSPS) is 17.7. The minimum absolute atomic E-state index is 0.344. The van der Waals surface area contributed by atoms with Gasteiger partial charge in [0, 0.05) is 37.2 Å². The number of anilines is 1. The maximum atomic E-state index is 11.3. The predicted octanol–water partition coefficient (Wildman–Crippen LogP) is 2.19. The molecule has 0 spiro atoms. The van der Waals surface area contributed by atoms with E-state index in [-0.39, 0.29) is 5.92 Å². The zero-order chi connectivity index (χ0) is 16.9. The van der Waals surface area contributed by atoms with Crippen LogP contribution in [-0.2, 0) is 11.2 Å². The number of rotatable bonds is 5. The lowest BCUT2D eigenvalue weighted by atomic mass is 9.98. The molecule has 0 aromatic carbocycles. The Morgan fingerprint density at radius 1 is 1.38 bits per heavy atom. The lowest BCUT2D eigenvalue weighted by Gasteiger charge is -2.31. The van der Waals surface area contributed by atoms with E-state index >= 15 is 0 Å².